The van der Waals surface area contributed by atoms with Crippen LogP contribution in [0.1, 0.15) is 5.69 Å². The lowest BCUT2D eigenvalue weighted by atomic mass is 10.3. The Morgan fingerprint density at radius 1 is 1.44 bits per heavy atom. The van der Waals surface area contributed by atoms with Gasteiger partial charge in [-0.05, 0) is 34.3 Å². The third kappa shape index (κ3) is 1.47. The van der Waals surface area contributed by atoms with Crippen LogP contribution in [0, 0.1) is 6.92 Å². The van der Waals surface area contributed by atoms with Crippen molar-refractivity contribution in [1.82, 2.24) is 14.4 Å². The molecule has 0 fully saturated rings. The zero-order valence-electron chi connectivity index (χ0n) is 8.51. The van der Waals surface area contributed by atoms with Crippen molar-refractivity contribution < 1.29 is 0 Å². The second-order valence-electron chi connectivity index (χ2n) is 3.47. The Hall–Kier alpha value is -1.20. The second kappa shape index (κ2) is 3.68. The Balaban J connectivity index is 2.32. The maximum atomic E-state index is 4.54. The summed E-state index contributed by atoms with van der Waals surface area (Å²) in [4.78, 5) is 10.00. The molecule has 3 aromatic heterocycles. The SMILES string of the molecule is Cc1c(-c2cccs2)nc2ncc(Br)cn12. The van der Waals surface area contributed by atoms with Crippen molar-refractivity contribution in [1.29, 1.82) is 0 Å². The number of nitrogens with zero attached hydrogens (tertiary/aromatic N) is 3. The van der Waals surface area contributed by atoms with Crippen LogP contribution in [0.3, 0.4) is 0 Å². The number of hydrogen-bond acceptors (Lipinski definition) is 3. The Bertz CT molecular complexity index is 643. The molecule has 0 spiro atoms. The summed E-state index contributed by atoms with van der Waals surface area (Å²) in [7, 11) is 0. The first-order valence-electron chi connectivity index (χ1n) is 4.80. The second-order valence-corrected chi connectivity index (χ2v) is 5.33. The van der Waals surface area contributed by atoms with Crippen molar-refractivity contribution in [2.45, 2.75) is 6.92 Å². The average molecular weight is 294 g/mol. The zero-order chi connectivity index (χ0) is 11.1. The fourth-order valence-corrected chi connectivity index (χ4v) is 2.74. The van der Waals surface area contributed by atoms with E-state index in [1.54, 1.807) is 17.5 Å². The van der Waals surface area contributed by atoms with Gasteiger partial charge < -0.3 is 0 Å². The summed E-state index contributed by atoms with van der Waals surface area (Å²) in [5.41, 5.74) is 2.13. The molecule has 5 heteroatoms. The van der Waals surface area contributed by atoms with E-state index in [2.05, 4.69) is 44.3 Å². The molecule has 0 unspecified atom stereocenters. The van der Waals surface area contributed by atoms with Gasteiger partial charge in [-0.15, -0.1) is 11.3 Å². The zero-order valence-corrected chi connectivity index (χ0v) is 10.9. The van der Waals surface area contributed by atoms with Gasteiger partial charge in [0.05, 0.1) is 9.35 Å². The topological polar surface area (TPSA) is 30.2 Å². The number of thiophene rings is 1. The largest absolute Gasteiger partial charge is 0.287 e. The minimum Gasteiger partial charge on any atom is -0.287 e. The lowest BCUT2D eigenvalue weighted by Gasteiger charge is -1.96. The number of hydrogen-bond donors (Lipinski definition) is 0. The van der Waals surface area contributed by atoms with Crippen molar-refractivity contribution in [2.24, 2.45) is 0 Å². The Morgan fingerprint density at radius 2 is 2.31 bits per heavy atom. The molecule has 0 aliphatic rings. The highest BCUT2D eigenvalue weighted by Gasteiger charge is 2.11. The number of halogens is 1. The predicted octanol–water partition coefficient (Wildman–Crippen LogP) is 3.53. The van der Waals surface area contributed by atoms with Gasteiger partial charge in [0.1, 0.15) is 5.69 Å². The van der Waals surface area contributed by atoms with Gasteiger partial charge in [0.15, 0.2) is 0 Å². The molecule has 0 radical (unpaired) electrons. The summed E-state index contributed by atoms with van der Waals surface area (Å²) in [6.07, 6.45) is 3.75. The molecule has 0 bridgehead atoms. The Morgan fingerprint density at radius 3 is 3.06 bits per heavy atom. The van der Waals surface area contributed by atoms with Crippen LogP contribution in [0.15, 0.2) is 34.4 Å². The van der Waals surface area contributed by atoms with E-state index in [1.165, 1.54) is 4.88 Å². The lowest BCUT2D eigenvalue weighted by Crippen LogP contribution is -1.89. The van der Waals surface area contributed by atoms with Crippen LogP contribution >= 0.6 is 27.3 Å². The Kier molecular flexibility index (Phi) is 2.29. The molecule has 3 aromatic rings. The van der Waals surface area contributed by atoms with Gasteiger partial charge >= 0.3 is 0 Å². The minimum atomic E-state index is 0.740. The smallest absolute Gasteiger partial charge is 0.234 e. The van der Waals surface area contributed by atoms with Crippen molar-refractivity contribution in [3.05, 3.63) is 40.1 Å². The molecule has 0 aromatic carbocycles. The molecule has 16 heavy (non-hydrogen) atoms. The molecule has 0 saturated heterocycles. The van der Waals surface area contributed by atoms with Crippen LogP contribution in [-0.4, -0.2) is 14.4 Å². The summed E-state index contributed by atoms with van der Waals surface area (Å²) in [6.45, 7) is 2.06. The van der Waals surface area contributed by atoms with Crippen LogP contribution < -0.4 is 0 Å². The monoisotopic (exact) mass is 293 g/mol. The maximum absolute atomic E-state index is 4.54. The van der Waals surface area contributed by atoms with E-state index >= 15 is 0 Å². The van der Waals surface area contributed by atoms with Crippen LogP contribution in [0.5, 0.6) is 0 Å². The molecule has 3 rings (SSSR count). The summed E-state index contributed by atoms with van der Waals surface area (Å²) in [6, 6.07) is 4.11. The van der Waals surface area contributed by atoms with Crippen LogP contribution in [0.4, 0.5) is 0 Å². The molecule has 0 aliphatic heterocycles. The third-order valence-corrected chi connectivity index (χ3v) is 3.73. The van der Waals surface area contributed by atoms with E-state index in [9.17, 15) is 0 Å². The van der Waals surface area contributed by atoms with E-state index in [0.29, 0.717) is 0 Å². The average Bonchev–Trinajstić information content (AvgIpc) is 2.87. The first-order chi connectivity index (χ1) is 7.75. The van der Waals surface area contributed by atoms with Gasteiger partial charge in [0, 0.05) is 18.1 Å². The highest BCUT2D eigenvalue weighted by molar-refractivity contribution is 9.10. The third-order valence-electron chi connectivity index (χ3n) is 2.44. The lowest BCUT2D eigenvalue weighted by molar-refractivity contribution is 1.05. The van der Waals surface area contributed by atoms with Crippen molar-refractivity contribution >= 4 is 33.0 Å². The van der Waals surface area contributed by atoms with Crippen molar-refractivity contribution in [3.8, 4) is 10.6 Å². The predicted molar refractivity (Wildman–Crippen MR) is 68.7 cm³/mol. The highest BCUT2D eigenvalue weighted by atomic mass is 79.9. The van der Waals surface area contributed by atoms with E-state index in [-0.39, 0.29) is 0 Å². The highest BCUT2D eigenvalue weighted by Crippen LogP contribution is 2.27. The molecular weight excluding hydrogens is 286 g/mol. The number of aromatic nitrogens is 3. The molecule has 3 nitrogen and oxygen atoms in total. The van der Waals surface area contributed by atoms with E-state index in [0.717, 1.165) is 21.6 Å². The number of imidazole rings is 1. The first kappa shape index (κ1) is 9.99. The van der Waals surface area contributed by atoms with E-state index < -0.39 is 0 Å². The Labute approximate surface area is 105 Å². The molecule has 0 N–H and O–H groups in total. The molecular formula is C11H8BrN3S. The van der Waals surface area contributed by atoms with Crippen molar-refractivity contribution in [3.63, 3.8) is 0 Å². The quantitative estimate of drug-likeness (QED) is 0.687. The van der Waals surface area contributed by atoms with Gasteiger partial charge in [-0.1, -0.05) is 6.07 Å². The fourth-order valence-electron chi connectivity index (χ4n) is 1.67. The molecule has 3 heterocycles. The van der Waals surface area contributed by atoms with E-state index in [4.69, 9.17) is 0 Å². The molecule has 0 saturated carbocycles. The standard InChI is InChI=1S/C11H8BrN3S/c1-7-10(9-3-2-4-16-9)14-11-13-5-8(12)6-15(7)11/h2-6H,1H3. The van der Waals surface area contributed by atoms with Gasteiger partial charge in [0.25, 0.3) is 0 Å². The van der Waals surface area contributed by atoms with Gasteiger partial charge in [0.2, 0.25) is 5.78 Å². The molecule has 0 aliphatic carbocycles. The van der Waals surface area contributed by atoms with E-state index in [1.807, 2.05) is 16.7 Å². The van der Waals surface area contributed by atoms with Crippen LogP contribution in [-0.2, 0) is 0 Å². The van der Waals surface area contributed by atoms with Crippen molar-refractivity contribution in [2.75, 3.05) is 0 Å². The molecule has 0 amide bonds. The number of fused-ring (bicyclic) bond motifs is 1. The first-order valence-corrected chi connectivity index (χ1v) is 6.47. The van der Waals surface area contributed by atoms with Gasteiger partial charge in [-0.2, -0.15) is 0 Å². The number of aryl methyl sites for hydroxylation is 1. The normalized spacial score (nSPS) is 11.1. The fraction of sp³-hybridized carbons (Fsp3) is 0.0909. The van der Waals surface area contributed by atoms with Gasteiger partial charge in [-0.25, -0.2) is 9.97 Å². The van der Waals surface area contributed by atoms with Crippen LogP contribution in [0.25, 0.3) is 16.3 Å². The van der Waals surface area contributed by atoms with Gasteiger partial charge in [-0.3, -0.25) is 4.40 Å². The van der Waals surface area contributed by atoms with Crippen LogP contribution in [0.2, 0.25) is 0 Å². The summed E-state index contributed by atoms with van der Waals surface area (Å²) < 4.78 is 2.96. The summed E-state index contributed by atoms with van der Waals surface area (Å²) in [5, 5.41) is 2.06. The summed E-state index contributed by atoms with van der Waals surface area (Å²) in [5.74, 6) is 0.740. The summed E-state index contributed by atoms with van der Waals surface area (Å²) >= 11 is 5.11. The maximum Gasteiger partial charge on any atom is 0.234 e. The number of rotatable bonds is 1. The minimum absolute atomic E-state index is 0.740. The molecule has 80 valence electrons. The molecule has 0 atom stereocenters.